The largest absolute Gasteiger partial charge is 0.327 e. The molecule has 1 aliphatic carbocycles. The van der Waals surface area contributed by atoms with Crippen LogP contribution in [0.3, 0.4) is 0 Å². The highest BCUT2D eigenvalue weighted by atomic mass is 32.2. The third-order valence-electron chi connectivity index (χ3n) is 3.55. The van der Waals surface area contributed by atoms with Gasteiger partial charge in [-0.05, 0) is 42.9 Å². The number of hydrogen-bond acceptors (Lipinski definition) is 5. The van der Waals surface area contributed by atoms with Crippen LogP contribution in [0.2, 0.25) is 0 Å². The molecule has 0 heterocycles. The predicted molar refractivity (Wildman–Crippen MR) is 77.1 cm³/mol. The minimum Gasteiger partial charge on any atom is -0.327 e. The van der Waals surface area contributed by atoms with E-state index in [4.69, 9.17) is 5.73 Å². The molecule has 1 fully saturated rings. The summed E-state index contributed by atoms with van der Waals surface area (Å²) in [5, 5.41) is 0. The van der Waals surface area contributed by atoms with Crippen LogP contribution in [0.4, 0.5) is 0 Å². The Morgan fingerprint density at radius 3 is 2.20 bits per heavy atom. The molecule has 0 saturated heterocycles. The van der Waals surface area contributed by atoms with Crippen LogP contribution in [0.1, 0.15) is 18.4 Å². The van der Waals surface area contributed by atoms with Gasteiger partial charge in [0.25, 0.3) is 0 Å². The Morgan fingerprint density at radius 1 is 1.15 bits per heavy atom. The lowest BCUT2D eigenvalue weighted by Gasteiger charge is -2.14. The van der Waals surface area contributed by atoms with Gasteiger partial charge in [0.15, 0.2) is 19.7 Å². The summed E-state index contributed by atoms with van der Waals surface area (Å²) in [6, 6.07) is 4.17. The molecule has 1 atom stereocenters. The zero-order valence-electron chi connectivity index (χ0n) is 11.5. The fourth-order valence-corrected chi connectivity index (χ4v) is 3.91. The summed E-state index contributed by atoms with van der Waals surface area (Å²) in [5.41, 5.74) is 6.63. The van der Waals surface area contributed by atoms with Crippen molar-refractivity contribution >= 4 is 19.7 Å². The van der Waals surface area contributed by atoms with E-state index in [1.807, 2.05) is 0 Å². The van der Waals surface area contributed by atoms with Crippen LogP contribution in [0.5, 0.6) is 0 Å². The normalized spacial score (nSPS) is 17.9. The van der Waals surface area contributed by atoms with Gasteiger partial charge >= 0.3 is 0 Å². The van der Waals surface area contributed by atoms with Crippen LogP contribution < -0.4 is 5.73 Å². The molecule has 1 aliphatic rings. The van der Waals surface area contributed by atoms with E-state index >= 15 is 0 Å². The molecule has 1 aromatic rings. The van der Waals surface area contributed by atoms with E-state index in [9.17, 15) is 16.8 Å². The number of nitrogens with two attached hydrogens (primary N) is 1. The molecule has 112 valence electrons. The van der Waals surface area contributed by atoms with Gasteiger partial charge in [-0.2, -0.15) is 0 Å². The van der Waals surface area contributed by atoms with Crippen molar-refractivity contribution in [2.75, 3.05) is 12.5 Å². The SMILES string of the molecule is CS(=O)(=O)c1ccc(CC(N)C2CC2)c(S(C)(=O)=O)c1. The maximum absolute atomic E-state index is 11.9. The zero-order chi connectivity index (χ0) is 15.1. The zero-order valence-corrected chi connectivity index (χ0v) is 13.2. The van der Waals surface area contributed by atoms with Crippen molar-refractivity contribution in [3.63, 3.8) is 0 Å². The Labute approximate surface area is 120 Å². The highest BCUT2D eigenvalue weighted by Gasteiger charge is 2.29. The monoisotopic (exact) mass is 317 g/mol. The third-order valence-corrected chi connectivity index (χ3v) is 5.84. The number of sulfone groups is 2. The summed E-state index contributed by atoms with van der Waals surface area (Å²) in [5.74, 6) is 0.456. The Balaban J connectivity index is 2.46. The summed E-state index contributed by atoms with van der Waals surface area (Å²) < 4.78 is 46.8. The van der Waals surface area contributed by atoms with Crippen molar-refractivity contribution in [1.82, 2.24) is 0 Å². The first-order valence-corrected chi connectivity index (χ1v) is 10.2. The molecule has 5 nitrogen and oxygen atoms in total. The summed E-state index contributed by atoms with van der Waals surface area (Å²) in [4.78, 5) is 0.0817. The van der Waals surface area contributed by atoms with Crippen LogP contribution in [-0.4, -0.2) is 35.4 Å². The van der Waals surface area contributed by atoms with Crippen molar-refractivity contribution in [2.45, 2.75) is 35.1 Å². The van der Waals surface area contributed by atoms with E-state index in [2.05, 4.69) is 0 Å². The number of benzene rings is 1. The highest BCUT2D eigenvalue weighted by Crippen LogP contribution is 2.34. The minimum absolute atomic E-state index is 0.0154. The second kappa shape index (κ2) is 5.13. The summed E-state index contributed by atoms with van der Waals surface area (Å²) in [6.45, 7) is 0. The molecule has 2 rings (SSSR count). The van der Waals surface area contributed by atoms with Crippen molar-refractivity contribution in [1.29, 1.82) is 0 Å². The van der Waals surface area contributed by atoms with Crippen molar-refractivity contribution in [2.24, 2.45) is 11.7 Å². The molecule has 0 spiro atoms. The molecule has 0 aliphatic heterocycles. The minimum atomic E-state index is -3.49. The van der Waals surface area contributed by atoms with Gasteiger partial charge in [-0.1, -0.05) is 6.07 Å². The van der Waals surface area contributed by atoms with E-state index in [-0.39, 0.29) is 15.8 Å². The number of hydrogen-bond donors (Lipinski definition) is 1. The smallest absolute Gasteiger partial charge is 0.175 e. The fourth-order valence-electron chi connectivity index (χ4n) is 2.22. The van der Waals surface area contributed by atoms with E-state index < -0.39 is 19.7 Å². The van der Waals surface area contributed by atoms with Crippen LogP contribution in [0.15, 0.2) is 28.0 Å². The lowest BCUT2D eigenvalue weighted by Crippen LogP contribution is -2.26. The van der Waals surface area contributed by atoms with E-state index in [0.29, 0.717) is 17.9 Å². The number of rotatable bonds is 5. The van der Waals surface area contributed by atoms with E-state index in [1.165, 1.54) is 12.1 Å². The quantitative estimate of drug-likeness (QED) is 0.866. The second-order valence-corrected chi connectivity index (χ2v) is 9.52. The predicted octanol–water partition coefficient (Wildman–Crippen LogP) is 0.773. The van der Waals surface area contributed by atoms with Gasteiger partial charge in [-0.3, -0.25) is 0 Å². The average Bonchev–Trinajstić information content (AvgIpc) is 3.09. The van der Waals surface area contributed by atoms with Gasteiger partial charge in [-0.25, -0.2) is 16.8 Å². The van der Waals surface area contributed by atoms with Crippen LogP contribution in [-0.2, 0) is 26.1 Å². The topological polar surface area (TPSA) is 94.3 Å². The fraction of sp³-hybridized carbons (Fsp3) is 0.538. The molecule has 1 unspecified atom stereocenters. The van der Waals surface area contributed by atoms with Crippen LogP contribution >= 0.6 is 0 Å². The molecule has 1 aromatic carbocycles. The molecule has 0 amide bonds. The van der Waals surface area contributed by atoms with Crippen molar-refractivity contribution < 1.29 is 16.8 Å². The molecule has 0 bridgehead atoms. The highest BCUT2D eigenvalue weighted by molar-refractivity contribution is 7.91. The molecule has 2 N–H and O–H groups in total. The van der Waals surface area contributed by atoms with Gasteiger partial charge in [0.1, 0.15) is 0 Å². The standard InChI is InChI=1S/C13H19NO4S2/c1-19(15,16)11-6-5-10(7-12(14)9-3-4-9)13(8-11)20(2,17)18/h5-6,8-9,12H,3-4,7,14H2,1-2H3. The summed E-state index contributed by atoms with van der Waals surface area (Å²) in [6.07, 6.45) is 4.76. The molecule has 0 aromatic heterocycles. The summed E-state index contributed by atoms with van der Waals surface area (Å²) in [7, 11) is -6.92. The molecule has 1 saturated carbocycles. The van der Waals surface area contributed by atoms with Crippen LogP contribution in [0.25, 0.3) is 0 Å². The Hall–Kier alpha value is -0.920. The third kappa shape index (κ3) is 3.59. The van der Waals surface area contributed by atoms with Gasteiger partial charge in [0, 0.05) is 18.6 Å². The maximum Gasteiger partial charge on any atom is 0.175 e. The van der Waals surface area contributed by atoms with E-state index in [1.54, 1.807) is 6.07 Å². The lowest BCUT2D eigenvalue weighted by molar-refractivity contribution is 0.578. The van der Waals surface area contributed by atoms with Crippen molar-refractivity contribution in [3.8, 4) is 0 Å². The first-order chi connectivity index (χ1) is 9.09. The van der Waals surface area contributed by atoms with Gasteiger partial charge in [-0.15, -0.1) is 0 Å². The Morgan fingerprint density at radius 2 is 1.75 bits per heavy atom. The average molecular weight is 317 g/mol. The van der Waals surface area contributed by atoms with Gasteiger partial charge in [0.2, 0.25) is 0 Å². The first kappa shape index (κ1) is 15.5. The first-order valence-electron chi connectivity index (χ1n) is 6.37. The summed E-state index contributed by atoms with van der Waals surface area (Å²) >= 11 is 0. The van der Waals surface area contributed by atoms with Gasteiger partial charge in [0.05, 0.1) is 9.79 Å². The Kier molecular flexibility index (Phi) is 3.96. The molecular weight excluding hydrogens is 298 g/mol. The van der Waals surface area contributed by atoms with E-state index in [0.717, 1.165) is 25.4 Å². The Bertz CT molecular complexity index is 719. The lowest BCUT2D eigenvalue weighted by atomic mass is 10.0. The molecule has 20 heavy (non-hydrogen) atoms. The second-order valence-electron chi connectivity index (χ2n) is 5.52. The van der Waals surface area contributed by atoms with Crippen molar-refractivity contribution in [3.05, 3.63) is 23.8 Å². The van der Waals surface area contributed by atoms with Gasteiger partial charge < -0.3 is 5.73 Å². The molecule has 7 heteroatoms. The molecule has 0 radical (unpaired) electrons. The molecular formula is C13H19NO4S2. The maximum atomic E-state index is 11.9. The van der Waals surface area contributed by atoms with Crippen LogP contribution in [0, 0.1) is 5.92 Å².